The second-order valence-electron chi connectivity index (χ2n) is 7.00. The summed E-state index contributed by atoms with van der Waals surface area (Å²) >= 11 is 12.2. The van der Waals surface area contributed by atoms with Crippen molar-refractivity contribution in [2.24, 2.45) is 0 Å². The van der Waals surface area contributed by atoms with Gasteiger partial charge in [-0.25, -0.2) is 4.98 Å². The molecule has 4 rings (SSSR count). The number of aliphatic hydroxyl groups excluding tert-OH is 1. The molecule has 1 aromatic carbocycles. The van der Waals surface area contributed by atoms with E-state index < -0.39 is 0 Å². The fourth-order valence-corrected chi connectivity index (χ4v) is 3.70. The summed E-state index contributed by atoms with van der Waals surface area (Å²) in [5, 5.41) is 15.1. The molecule has 1 N–H and O–H groups in total. The van der Waals surface area contributed by atoms with E-state index in [-0.39, 0.29) is 25.1 Å². The number of fused-ring (bicyclic) bond motifs is 1. The number of rotatable bonds is 4. The minimum atomic E-state index is -0.374. The number of anilines is 2. The Morgan fingerprint density at radius 2 is 2.00 bits per heavy atom. The van der Waals surface area contributed by atoms with Crippen LogP contribution in [0.15, 0.2) is 42.7 Å². The summed E-state index contributed by atoms with van der Waals surface area (Å²) in [6.45, 7) is 0.124. The van der Waals surface area contributed by atoms with E-state index in [1.807, 2.05) is 31.1 Å². The molecule has 0 aliphatic carbocycles. The number of halogens is 2. The van der Waals surface area contributed by atoms with Gasteiger partial charge in [-0.05, 0) is 35.9 Å². The Labute approximate surface area is 178 Å². The number of aromatic nitrogens is 3. The maximum atomic E-state index is 13.4. The molecule has 0 radical (unpaired) electrons. The van der Waals surface area contributed by atoms with Crippen LogP contribution < -0.4 is 9.80 Å². The van der Waals surface area contributed by atoms with E-state index in [4.69, 9.17) is 23.2 Å². The van der Waals surface area contributed by atoms with Crippen LogP contribution in [0.2, 0.25) is 10.0 Å². The van der Waals surface area contributed by atoms with Crippen LogP contribution >= 0.6 is 23.2 Å². The highest BCUT2D eigenvalue weighted by atomic mass is 35.5. The summed E-state index contributed by atoms with van der Waals surface area (Å²) in [6.07, 6.45) is 3.35. The van der Waals surface area contributed by atoms with Crippen LogP contribution in [0, 0.1) is 0 Å². The molecule has 2 aromatic heterocycles. The van der Waals surface area contributed by atoms with Gasteiger partial charge in [0.15, 0.2) is 0 Å². The van der Waals surface area contributed by atoms with Gasteiger partial charge in [-0.3, -0.25) is 9.48 Å². The largest absolute Gasteiger partial charge is 0.394 e. The van der Waals surface area contributed by atoms with Gasteiger partial charge in [-0.2, -0.15) is 5.10 Å². The standard InChI is InChI=1S/C20H19Cl2N5O2/c1-25(2)18-7-12(5-6-23-18)15-9-24-27-14(11-28)10-26(20(29)19(15)27)13-3-4-16(21)17(22)8-13/h3-9,14,28H,10-11H2,1-2H3/t14-/m1/s1. The van der Waals surface area contributed by atoms with Crippen LogP contribution in [-0.4, -0.2) is 53.0 Å². The molecule has 29 heavy (non-hydrogen) atoms. The second kappa shape index (κ2) is 7.67. The first kappa shape index (κ1) is 19.7. The summed E-state index contributed by atoms with van der Waals surface area (Å²) in [5.74, 6) is 0.551. The first-order valence-corrected chi connectivity index (χ1v) is 9.75. The molecule has 1 atom stereocenters. The lowest BCUT2D eigenvalue weighted by molar-refractivity contribution is 0.0935. The van der Waals surface area contributed by atoms with E-state index in [2.05, 4.69) is 10.1 Å². The van der Waals surface area contributed by atoms with Gasteiger partial charge in [0, 0.05) is 31.5 Å². The molecule has 0 saturated carbocycles. The lowest BCUT2D eigenvalue weighted by atomic mass is 10.0. The predicted octanol–water partition coefficient (Wildman–Crippen LogP) is 3.51. The summed E-state index contributed by atoms with van der Waals surface area (Å²) in [7, 11) is 3.80. The van der Waals surface area contributed by atoms with Crippen molar-refractivity contribution in [3.63, 3.8) is 0 Å². The van der Waals surface area contributed by atoms with Gasteiger partial charge < -0.3 is 14.9 Å². The van der Waals surface area contributed by atoms with Crippen molar-refractivity contribution in [3.05, 3.63) is 58.5 Å². The molecule has 0 bridgehead atoms. The molecule has 3 heterocycles. The first-order valence-electron chi connectivity index (χ1n) is 8.99. The quantitative estimate of drug-likeness (QED) is 0.683. The monoisotopic (exact) mass is 431 g/mol. The third-order valence-electron chi connectivity index (χ3n) is 4.92. The van der Waals surface area contributed by atoms with Crippen LogP contribution in [0.25, 0.3) is 11.1 Å². The Bertz CT molecular complexity index is 1080. The topological polar surface area (TPSA) is 74.5 Å². The molecule has 0 unspecified atom stereocenters. The third-order valence-corrected chi connectivity index (χ3v) is 5.66. The smallest absolute Gasteiger partial charge is 0.277 e. The van der Waals surface area contributed by atoms with E-state index in [9.17, 15) is 9.90 Å². The van der Waals surface area contributed by atoms with Crippen molar-refractivity contribution >= 4 is 40.6 Å². The predicted molar refractivity (Wildman–Crippen MR) is 114 cm³/mol. The number of nitrogens with zero attached hydrogens (tertiary/aromatic N) is 5. The van der Waals surface area contributed by atoms with Crippen molar-refractivity contribution in [1.29, 1.82) is 0 Å². The van der Waals surface area contributed by atoms with E-state index in [0.29, 0.717) is 27.0 Å². The van der Waals surface area contributed by atoms with Gasteiger partial charge in [0.25, 0.3) is 5.91 Å². The molecule has 0 spiro atoms. The zero-order valence-electron chi connectivity index (χ0n) is 15.9. The number of benzene rings is 1. The number of carbonyl (C=O) groups excluding carboxylic acids is 1. The number of amides is 1. The van der Waals surface area contributed by atoms with E-state index in [1.54, 1.807) is 40.2 Å². The Kier molecular flexibility index (Phi) is 5.21. The minimum Gasteiger partial charge on any atom is -0.394 e. The van der Waals surface area contributed by atoms with Crippen molar-refractivity contribution < 1.29 is 9.90 Å². The Morgan fingerprint density at radius 3 is 2.69 bits per heavy atom. The maximum absolute atomic E-state index is 13.4. The second-order valence-corrected chi connectivity index (χ2v) is 7.81. The van der Waals surface area contributed by atoms with Crippen LogP contribution in [0.1, 0.15) is 16.5 Å². The van der Waals surface area contributed by atoms with Gasteiger partial charge in [-0.1, -0.05) is 23.2 Å². The lowest BCUT2D eigenvalue weighted by Crippen LogP contribution is -2.44. The van der Waals surface area contributed by atoms with Gasteiger partial charge in [-0.15, -0.1) is 0 Å². The van der Waals surface area contributed by atoms with Gasteiger partial charge in [0.05, 0.1) is 35.4 Å². The first-order chi connectivity index (χ1) is 13.9. The lowest BCUT2D eigenvalue weighted by Gasteiger charge is -2.33. The average Bonchev–Trinajstić information content (AvgIpc) is 3.16. The van der Waals surface area contributed by atoms with Crippen molar-refractivity contribution in [2.75, 3.05) is 37.0 Å². The van der Waals surface area contributed by atoms with Crippen LogP contribution in [-0.2, 0) is 0 Å². The normalized spacial score (nSPS) is 16.1. The van der Waals surface area contributed by atoms with Crippen LogP contribution in [0.3, 0.4) is 0 Å². The number of carbonyl (C=O) groups is 1. The fourth-order valence-electron chi connectivity index (χ4n) is 3.40. The number of aliphatic hydroxyl groups is 1. The molecular formula is C20H19Cl2N5O2. The molecule has 150 valence electrons. The molecule has 7 nitrogen and oxygen atoms in total. The van der Waals surface area contributed by atoms with Gasteiger partial charge >= 0.3 is 0 Å². The molecular weight excluding hydrogens is 413 g/mol. The molecule has 0 saturated heterocycles. The van der Waals surface area contributed by atoms with Crippen LogP contribution in [0.5, 0.6) is 0 Å². The summed E-state index contributed by atoms with van der Waals surface area (Å²) in [5.41, 5.74) is 2.54. The summed E-state index contributed by atoms with van der Waals surface area (Å²) < 4.78 is 1.60. The zero-order chi connectivity index (χ0) is 20.7. The average molecular weight is 432 g/mol. The Morgan fingerprint density at radius 1 is 1.21 bits per heavy atom. The summed E-state index contributed by atoms with van der Waals surface area (Å²) in [6, 6.07) is 8.41. The van der Waals surface area contributed by atoms with E-state index >= 15 is 0 Å². The Balaban J connectivity index is 1.82. The van der Waals surface area contributed by atoms with E-state index in [0.717, 1.165) is 11.4 Å². The number of hydrogen-bond acceptors (Lipinski definition) is 5. The molecule has 3 aromatic rings. The van der Waals surface area contributed by atoms with E-state index in [1.165, 1.54) is 0 Å². The minimum absolute atomic E-state index is 0.154. The molecule has 0 fully saturated rings. The third kappa shape index (κ3) is 3.46. The SMILES string of the molecule is CN(C)c1cc(-c2cnn3c2C(=O)N(c2ccc(Cl)c(Cl)c2)C[C@@H]3CO)ccn1. The molecule has 9 heteroatoms. The fraction of sp³-hybridized carbons (Fsp3) is 0.250. The molecule has 1 aliphatic rings. The Hall–Kier alpha value is -2.61. The van der Waals surface area contributed by atoms with Crippen molar-refractivity contribution in [3.8, 4) is 11.1 Å². The van der Waals surface area contributed by atoms with Crippen molar-refractivity contribution in [2.45, 2.75) is 6.04 Å². The highest BCUT2D eigenvalue weighted by Gasteiger charge is 2.35. The highest BCUT2D eigenvalue weighted by Crippen LogP contribution is 2.35. The van der Waals surface area contributed by atoms with Crippen LogP contribution in [0.4, 0.5) is 11.5 Å². The molecule has 1 aliphatic heterocycles. The summed E-state index contributed by atoms with van der Waals surface area (Å²) in [4.78, 5) is 21.2. The van der Waals surface area contributed by atoms with Gasteiger partial charge in [0.1, 0.15) is 11.5 Å². The van der Waals surface area contributed by atoms with Crippen molar-refractivity contribution in [1.82, 2.24) is 14.8 Å². The zero-order valence-corrected chi connectivity index (χ0v) is 17.4. The number of hydrogen-bond donors (Lipinski definition) is 1. The molecule has 1 amide bonds. The highest BCUT2D eigenvalue weighted by molar-refractivity contribution is 6.42. The number of pyridine rings is 1. The van der Waals surface area contributed by atoms with Gasteiger partial charge in [0.2, 0.25) is 0 Å². The maximum Gasteiger partial charge on any atom is 0.277 e.